The smallest absolute Gasteiger partial charge is 0.373 e. The summed E-state index contributed by atoms with van der Waals surface area (Å²) in [5.74, 6) is -1.15. The minimum absolute atomic E-state index is 0.168. The van der Waals surface area contributed by atoms with Crippen LogP contribution >= 0.6 is 23.2 Å². The minimum Gasteiger partial charge on any atom is -0.475 e. The summed E-state index contributed by atoms with van der Waals surface area (Å²) < 4.78 is 5.37. The van der Waals surface area contributed by atoms with E-state index >= 15 is 0 Å². The zero-order valence-electron chi connectivity index (χ0n) is 11.2. The summed E-state index contributed by atoms with van der Waals surface area (Å²) in [6.07, 6.45) is 0. The fourth-order valence-electron chi connectivity index (χ4n) is 1.75. The Balaban J connectivity index is 2.62. The van der Waals surface area contributed by atoms with Crippen molar-refractivity contribution in [2.45, 2.75) is 26.2 Å². The van der Waals surface area contributed by atoms with Crippen LogP contribution in [0.5, 0.6) is 0 Å². The Morgan fingerprint density at radius 2 is 1.95 bits per heavy atom. The molecule has 0 radical (unpaired) electrons. The average Bonchev–Trinajstić information content (AvgIpc) is 2.73. The maximum atomic E-state index is 11.3. The Morgan fingerprint density at radius 3 is 2.40 bits per heavy atom. The SMILES string of the molecule is CC(C)(C)c1nc(-c2ccc(Cl)cc2Cl)oc1C(=O)O. The molecule has 0 aliphatic carbocycles. The van der Waals surface area contributed by atoms with Gasteiger partial charge in [-0.1, -0.05) is 44.0 Å². The fraction of sp³-hybridized carbons (Fsp3) is 0.286. The number of rotatable bonds is 2. The van der Waals surface area contributed by atoms with Crippen LogP contribution in [0.25, 0.3) is 11.5 Å². The monoisotopic (exact) mass is 313 g/mol. The van der Waals surface area contributed by atoms with Crippen LogP contribution in [0.2, 0.25) is 10.0 Å². The van der Waals surface area contributed by atoms with Crippen molar-refractivity contribution in [3.63, 3.8) is 0 Å². The molecule has 0 amide bonds. The lowest BCUT2D eigenvalue weighted by Crippen LogP contribution is -2.16. The Hall–Kier alpha value is -1.52. The molecule has 1 N–H and O–H groups in total. The summed E-state index contributed by atoms with van der Waals surface area (Å²) in [6.45, 7) is 5.60. The van der Waals surface area contributed by atoms with Gasteiger partial charge in [-0.3, -0.25) is 0 Å². The number of nitrogens with zero attached hydrogens (tertiary/aromatic N) is 1. The van der Waals surface area contributed by atoms with E-state index in [0.717, 1.165) is 0 Å². The van der Waals surface area contributed by atoms with Crippen LogP contribution in [0.3, 0.4) is 0 Å². The van der Waals surface area contributed by atoms with E-state index < -0.39 is 11.4 Å². The van der Waals surface area contributed by atoms with Crippen LogP contribution in [-0.4, -0.2) is 16.1 Å². The van der Waals surface area contributed by atoms with Crippen LogP contribution < -0.4 is 0 Å². The minimum atomic E-state index is -1.15. The van der Waals surface area contributed by atoms with Gasteiger partial charge in [0, 0.05) is 10.4 Å². The van der Waals surface area contributed by atoms with Gasteiger partial charge in [-0.2, -0.15) is 0 Å². The van der Waals surface area contributed by atoms with E-state index in [0.29, 0.717) is 21.3 Å². The standard InChI is InChI=1S/C14H13Cl2NO3/c1-14(2,3)11-10(13(18)19)20-12(17-11)8-5-4-7(15)6-9(8)16/h4-6H,1-3H3,(H,18,19). The number of carboxylic acids is 1. The molecule has 0 bridgehead atoms. The summed E-state index contributed by atoms with van der Waals surface area (Å²) in [6, 6.07) is 4.85. The van der Waals surface area contributed by atoms with Crippen molar-refractivity contribution in [2.24, 2.45) is 0 Å². The Labute approximate surface area is 126 Å². The molecule has 0 aliphatic rings. The summed E-state index contributed by atoms with van der Waals surface area (Å²) in [4.78, 5) is 15.6. The second kappa shape index (κ2) is 5.11. The van der Waals surface area contributed by atoms with Gasteiger partial charge >= 0.3 is 5.97 Å². The van der Waals surface area contributed by atoms with E-state index in [-0.39, 0.29) is 11.7 Å². The summed E-state index contributed by atoms with van der Waals surface area (Å²) in [5.41, 5.74) is 0.439. The molecule has 1 heterocycles. The molecule has 0 unspecified atom stereocenters. The Morgan fingerprint density at radius 1 is 1.30 bits per heavy atom. The van der Waals surface area contributed by atoms with Gasteiger partial charge in [0.25, 0.3) is 0 Å². The fourth-order valence-corrected chi connectivity index (χ4v) is 2.24. The zero-order chi connectivity index (χ0) is 15.1. The lowest BCUT2D eigenvalue weighted by molar-refractivity contribution is 0.0659. The number of hydrogen-bond donors (Lipinski definition) is 1. The van der Waals surface area contributed by atoms with Crippen LogP contribution in [-0.2, 0) is 5.41 Å². The first-order valence-corrected chi connectivity index (χ1v) is 6.66. The van der Waals surface area contributed by atoms with Gasteiger partial charge in [0.1, 0.15) is 5.69 Å². The maximum absolute atomic E-state index is 11.3. The van der Waals surface area contributed by atoms with Crippen molar-refractivity contribution < 1.29 is 14.3 Å². The molecule has 2 aromatic rings. The third-order valence-corrected chi connectivity index (χ3v) is 3.24. The van der Waals surface area contributed by atoms with Gasteiger partial charge in [0.15, 0.2) is 0 Å². The zero-order valence-corrected chi connectivity index (χ0v) is 12.7. The molecule has 0 atom stereocenters. The van der Waals surface area contributed by atoms with Gasteiger partial charge in [-0.05, 0) is 18.2 Å². The number of carboxylic acid groups (broad SMARTS) is 1. The van der Waals surface area contributed by atoms with Crippen molar-refractivity contribution in [3.05, 3.63) is 39.7 Å². The lowest BCUT2D eigenvalue weighted by atomic mass is 9.91. The molecule has 1 aromatic carbocycles. The number of hydrogen-bond acceptors (Lipinski definition) is 3. The second-order valence-corrected chi connectivity index (χ2v) is 6.22. The van der Waals surface area contributed by atoms with E-state index in [4.69, 9.17) is 27.6 Å². The number of aromatic carboxylic acids is 1. The highest BCUT2D eigenvalue weighted by Crippen LogP contribution is 2.34. The van der Waals surface area contributed by atoms with Gasteiger partial charge < -0.3 is 9.52 Å². The second-order valence-electron chi connectivity index (χ2n) is 5.38. The lowest BCUT2D eigenvalue weighted by Gasteiger charge is -2.14. The Kier molecular flexibility index (Phi) is 3.80. The largest absolute Gasteiger partial charge is 0.475 e. The highest BCUT2D eigenvalue weighted by atomic mass is 35.5. The summed E-state index contributed by atoms with van der Waals surface area (Å²) in [5, 5.41) is 10.1. The number of halogens is 2. The predicted octanol–water partition coefficient (Wildman–Crippen LogP) is 4.64. The molecule has 106 valence electrons. The van der Waals surface area contributed by atoms with Crippen LogP contribution in [0, 0.1) is 0 Å². The molecule has 6 heteroatoms. The van der Waals surface area contributed by atoms with E-state index in [1.807, 2.05) is 20.8 Å². The van der Waals surface area contributed by atoms with Gasteiger partial charge in [0.05, 0.1) is 10.6 Å². The molecule has 0 spiro atoms. The van der Waals surface area contributed by atoms with E-state index in [9.17, 15) is 9.90 Å². The third-order valence-electron chi connectivity index (χ3n) is 2.69. The van der Waals surface area contributed by atoms with Crippen LogP contribution in [0.15, 0.2) is 22.6 Å². The van der Waals surface area contributed by atoms with Gasteiger partial charge in [0.2, 0.25) is 11.7 Å². The van der Waals surface area contributed by atoms with Crippen molar-refractivity contribution in [1.82, 2.24) is 4.98 Å². The molecule has 4 nitrogen and oxygen atoms in total. The van der Waals surface area contributed by atoms with E-state index in [1.54, 1.807) is 18.2 Å². The van der Waals surface area contributed by atoms with Crippen LogP contribution in [0.1, 0.15) is 37.0 Å². The van der Waals surface area contributed by atoms with Crippen LogP contribution in [0.4, 0.5) is 0 Å². The van der Waals surface area contributed by atoms with Crippen molar-refractivity contribution in [2.75, 3.05) is 0 Å². The number of aromatic nitrogens is 1. The molecule has 0 saturated carbocycles. The van der Waals surface area contributed by atoms with Gasteiger partial charge in [-0.25, -0.2) is 9.78 Å². The van der Waals surface area contributed by atoms with E-state index in [1.165, 1.54) is 0 Å². The molecule has 20 heavy (non-hydrogen) atoms. The first-order chi connectivity index (χ1) is 9.20. The first kappa shape index (κ1) is 14.9. The molecule has 1 aromatic heterocycles. The molecule has 0 aliphatic heterocycles. The van der Waals surface area contributed by atoms with Crippen molar-refractivity contribution in [3.8, 4) is 11.5 Å². The number of benzene rings is 1. The molecular weight excluding hydrogens is 301 g/mol. The first-order valence-electron chi connectivity index (χ1n) is 5.90. The van der Waals surface area contributed by atoms with E-state index in [2.05, 4.69) is 4.98 Å². The average molecular weight is 314 g/mol. The summed E-state index contributed by atoms with van der Waals surface area (Å²) in [7, 11) is 0. The molecule has 0 fully saturated rings. The van der Waals surface area contributed by atoms with Gasteiger partial charge in [-0.15, -0.1) is 0 Å². The highest BCUT2D eigenvalue weighted by Gasteiger charge is 2.29. The summed E-state index contributed by atoms with van der Waals surface area (Å²) >= 11 is 11.9. The quantitative estimate of drug-likeness (QED) is 0.877. The highest BCUT2D eigenvalue weighted by molar-refractivity contribution is 6.36. The maximum Gasteiger partial charge on any atom is 0.373 e. The molecule has 0 saturated heterocycles. The predicted molar refractivity (Wildman–Crippen MR) is 77.6 cm³/mol. The number of carbonyl (C=O) groups is 1. The number of oxazole rings is 1. The third kappa shape index (κ3) is 2.81. The topological polar surface area (TPSA) is 63.3 Å². The van der Waals surface area contributed by atoms with Crippen molar-refractivity contribution >= 4 is 29.2 Å². The normalized spacial score (nSPS) is 11.7. The molecular formula is C14H13Cl2NO3. The van der Waals surface area contributed by atoms with Crippen molar-refractivity contribution in [1.29, 1.82) is 0 Å². The Bertz CT molecular complexity index is 672. The molecule has 2 rings (SSSR count).